The SMILES string of the molecule is CS(=O)(=O)N[C@H]1CN(CC(=O)Nc2ccccc2F)CC[C@H]1c1ccccc1. The first-order valence-electron chi connectivity index (χ1n) is 9.11. The largest absolute Gasteiger partial charge is 0.322 e. The number of benzene rings is 2. The number of carbonyl (C=O) groups is 1. The quantitative estimate of drug-likeness (QED) is 0.772. The van der Waals surface area contributed by atoms with Crippen molar-refractivity contribution in [2.24, 2.45) is 0 Å². The first-order chi connectivity index (χ1) is 13.3. The third kappa shape index (κ3) is 5.60. The van der Waals surface area contributed by atoms with Gasteiger partial charge in [-0.2, -0.15) is 0 Å². The lowest BCUT2D eigenvalue weighted by molar-refractivity contribution is -0.117. The van der Waals surface area contributed by atoms with Gasteiger partial charge in [0.2, 0.25) is 15.9 Å². The number of piperidine rings is 1. The van der Waals surface area contributed by atoms with Gasteiger partial charge in [-0.15, -0.1) is 0 Å². The number of rotatable bonds is 6. The summed E-state index contributed by atoms with van der Waals surface area (Å²) in [6.45, 7) is 1.11. The number of halogens is 1. The summed E-state index contributed by atoms with van der Waals surface area (Å²) in [5.74, 6) is -0.793. The molecular formula is C20H24FN3O3S. The molecule has 1 heterocycles. The first kappa shape index (κ1) is 20.4. The fraction of sp³-hybridized carbons (Fsp3) is 0.350. The summed E-state index contributed by atoms with van der Waals surface area (Å²) in [4.78, 5) is 14.2. The highest BCUT2D eigenvalue weighted by Gasteiger charge is 2.32. The maximum Gasteiger partial charge on any atom is 0.238 e. The van der Waals surface area contributed by atoms with Gasteiger partial charge in [-0.25, -0.2) is 17.5 Å². The minimum atomic E-state index is -3.40. The fourth-order valence-corrected chi connectivity index (χ4v) is 4.40. The van der Waals surface area contributed by atoms with E-state index < -0.39 is 15.8 Å². The number of hydrogen-bond donors (Lipinski definition) is 2. The van der Waals surface area contributed by atoms with Crippen molar-refractivity contribution in [3.05, 3.63) is 66.0 Å². The van der Waals surface area contributed by atoms with Crippen LogP contribution in [0.4, 0.5) is 10.1 Å². The van der Waals surface area contributed by atoms with Gasteiger partial charge in [0, 0.05) is 18.5 Å². The topological polar surface area (TPSA) is 78.5 Å². The number of nitrogens with one attached hydrogen (secondary N) is 2. The van der Waals surface area contributed by atoms with E-state index in [9.17, 15) is 17.6 Å². The van der Waals surface area contributed by atoms with Crippen LogP contribution >= 0.6 is 0 Å². The molecule has 8 heteroatoms. The zero-order chi connectivity index (χ0) is 20.1. The van der Waals surface area contributed by atoms with Crippen molar-refractivity contribution in [3.63, 3.8) is 0 Å². The van der Waals surface area contributed by atoms with Gasteiger partial charge in [0.15, 0.2) is 0 Å². The van der Waals surface area contributed by atoms with Crippen LogP contribution in [0.15, 0.2) is 54.6 Å². The third-order valence-electron chi connectivity index (χ3n) is 4.81. The Labute approximate surface area is 164 Å². The highest BCUT2D eigenvalue weighted by atomic mass is 32.2. The minimum Gasteiger partial charge on any atom is -0.322 e. The second-order valence-electron chi connectivity index (χ2n) is 7.07. The number of amides is 1. The number of nitrogens with zero attached hydrogens (tertiary/aromatic N) is 1. The van der Waals surface area contributed by atoms with Gasteiger partial charge in [0.1, 0.15) is 5.82 Å². The number of likely N-dealkylation sites (tertiary alicyclic amines) is 1. The summed E-state index contributed by atoms with van der Waals surface area (Å²) in [5.41, 5.74) is 1.21. The smallest absolute Gasteiger partial charge is 0.238 e. The Hall–Kier alpha value is -2.29. The van der Waals surface area contributed by atoms with Crippen molar-refractivity contribution in [1.82, 2.24) is 9.62 Å². The van der Waals surface area contributed by atoms with E-state index in [1.165, 1.54) is 12.1 Å². The predicted molar refractivity (Wildman–Crippen MR) is 107 cm³/mol. The summed E-state index contributed by atoms with van der Waals surface area (Å²) < 4.78 is 40.1. The van der Waals surface area contributed by atoms with Crippen molar-refractivity contribution in [1.29, 1.82) is 0 Å². The van der Waals surface area contributed by atoms with E-state index in [0.717, 1.165) is 11.8 Å². The molecule has 0 bridgehead atoms. The van der Waals surface area contributed by atoms with Gasteiger partial charge >= 0.3 is 0 Å². The highest BCUT2D eigenvalue weighted by molar-refractivity contribution is 7.88. The zero-order valence-electron chi connectivity index (χ0n) is 15.6. The Morgan fingerprint density at radius 3 is 2.50 bits per heavy atom. The molecule has 1 saturated heterocycles. The monoisotopic (exact) mass is 405 g/mol. The van der Waals surface area contributed by atoms with Crippen molar-refractivity contribution in [3.8, 4) is 0 Å². The molecule has 3 rings (SSSR count). The third-order valence-corrected chi connectivity index (χ3v) is 5.54. The molecule has 0 spiro atoms. The molecule has 6 nitrogen and oxygen atoms in total. The van der Waals surface area contributed by atoms with Gasteiger partial charge in [-0.1, -0.05) is 42.5 Å². The molecule has 2 N–H and O–H groups in total. The van der Waals surface area contributed by atoms with E-state index in [2.05, 4.69) is 10.0 Å². The minimum absolute atomic E-state index is 0.0294. The van der Waals surface area contributed by atoms with E-state index in [-0.39, 0.29) is 30.1 Å². The molecule has 1 fully saturated rings. The number of sulfonamides is 1. The molecule has 1 amide bonds. The van der Waals surface area contributed by atoms with Gasteiger partial charge in [0.05, 0.1) is 18.5 Å². The highest BCUT2D eigenvalue weighted by Crippen LogP contribution is 2.28. The Balaban J connectivity index is 1.67. The standard InChI is InChI=1S/C20H24FN3O3S/c1-28(26,27)23-19-13-24(12-11-16(19)15-7-3-2-4-8-15)14-20(25)22-18-10-6-5-9-17(18)21/h2-10,16,19,23H,11-14H2,1H3,(H,22,25)/t16-,19-/m0/s1. The summed E-state index contributed by atoms with van der Waals surface area (Å²) in [5, 5.41) is 2.57. The average Bonchev–Trinajstić information content (AvgIpc) is 2.63. The van der Waals surface area contributed by atoms with Gasteiger partial charge in [-0.3, -0.25) is 9.69 Å². The number of carbonyl (C=O) groups excluding carboxylic acids is 1. The van der Waals surface area contributed by atoms with Crippen LogP contribution in [0.2, 0.25) is 0 Å². The van der Waals surface area contributed by atoms with Gasteiger partial charge in [0.25, 0.3) is 0 Å². The second kappa shape index (κ2) is 8.81. The lowest BCUT2D eigenvalue weighted by Gasteiger charge is -2.38. The molecule has 0 radical (unpaired) electrons. The first-order valence-corrected chi connectivity index (χ1v) is 11.0. The van der Waals surface area contributed by atoms with Crippen LogP contribution in [-0.2, 0) is 14.8 Å². The molecule has 1 aliphatic heterocycles. The number of para-hydroxylation sites is 1. The second-order valence-corrected chi connectivity index (χ2v) is 8.85. The van der Waals surface area contributed by atoms with E-state index in [1.807, 2.05) is 35.2 Å². The van der Waals surface area contributed by atoms with Crippen molar-refractivity contribution in [2.75, 3.05) is 31.2 Å². The molecule has 0 saturated carbocycles. The van der Waals surface area contributed by atoms with E-state index in [0.29, 0.717) is 19.5 Å². The van der Waals surface area contributed by atoms with Crippen LogP contribution in [0.3, 0.4) is 0 Å². The molecule has 28 heavy (non-hydrogen) atoms. The summed E-state index contributed by atoms with van der Waals surface area (Å²) in [7, 11) is -3.40. The molecule has 0 unspecified atom stereocenters. The fourth-order valence-electron chi connectivity index (χ4n) is 3.61. The van der Waals surface area contributed by atoms with Crippen molar-refractivity contribution < 1.29 is 17.6 Å². The zero-order valence-corrected chi connectivity index (χ0v) is 16.5. The van der Waals surface area contributed by atoms with Crippen molar-refractivity contribution >= 4 is 21.6 Å². The molecule has 2 aromatic carbocycles. The van der Waals surface area contributed by atoms with Gasteiger partial charge in [-0.05, 0) is 30.7 Å². The summed E-state index contributed by atoms with van der Waals surface area (Å²) >= 11 is 0. The van der Waals surface area contributed by atoms with E-state index >= 15 is 0 Å². The molecular weight excluding hydrogens is 381 g/mol. The molecule has 2 aromatic rings. The Morgan fingerprint density at radius 2 is 1.82 bits per heavy atom. The van der Waals surface area contributed by atoms with Gasteiger partial charge < -0.3 is 5.32 Å². The van der Waals surface area contributed by atoms with Crippen LogP contribution in [0.1, 0.15) is 17.9 Å². The van der Waals surface area contributed by atoms with E-state index in [4.69, 9.17) is 0 Å². The Morgan fingerprint density at radius 1 is 1.14 bits per heavy atom. The average molecular weight is 405 g/mol. The number of hydrogen-bond acceptors (Lipinski definition) is 4. The van der Waals surface area contributed by atoms with Crippen LogP contribution < -0.4 is 10.0 Å². The Bertz CT molecular complexity index is 921. The van der Waals surface area contributed by atoms with E-state index in [1.54, 1.807) is 12.1 Å². The van der Waals surface area contributed by atoms with Crippen LogP contribution in [0.5, 0.6) is 0 Å². The molecule has 150 valence electrons. The predicted octanol–water partition coefficient (Wildman–Crippen LogP) is 2.17. The molecule has 2 atom stereocenters. The van der Waals surface area contributed by atoms with Crippen LogP contribution in [0, 0.1) is 5.82 Å². The maximum atomic E-state index is 13.7. The maximum absolute atomic E-state index is 13.7. The summed E-state index contributed by atoms with van der Waals surface area (Å²) in [6.07, 6.45) is 1.85. The number of anilines is 1. The Kier molecular flexibility index (Phi) is 6.43. The summed E-state index contributed by atoms with van der Waals surface area (Å²) in [6, 6.07) is 15.4. The van der Waals surface area contributed by atoms with Crippen LogP contribution in [0.25, 0.3) is 0 Å². The molecule has 0 aliphatic carbocycles. The van der Waals surface area contributed by atoms with Crippen molar-refractivity contribution in [2.45, 2.75) is 18.4 Å². The van der Waals surface area contributed by atoms with Crippen LogP contribution in [-0.4, -0.2) is 51.2 Å². The molecule has 0 aromatic heterocycles. The normalized spacial score (nSPS) is 20.6. The lowest BCUT2D eigenvalue weighted by atomic mass is 9.86. The lowest BCUT2D eigenvalue weighted by Crippen LogP contribution is -2.52. The molecule has 1 aliphatic rings.